The van der Waals surface area contributed by atoms with E-state index in [-0.39, 0.29) is 5.91 Å². The van der Waals surface area contributed by atoms with Crippen LogP contribution in [0.4, 0.5) is 0 Å². The number of aliphatic carboxylic acids is 1. The van der Waals surface area contributed by atoms with Gasteiger partial charge in [-0.1, -0.05) is 32.6 Å². The summed E-state index contributed by atoms with van der Waals surface area (Å²) in [4.78, 5) is 27.3. The SMILES string of the molecule is CCC(C(=O)O)N1CCN(C(=O)CCC2CCCC2)CC1. The lowest BCUT2D eigenvalue weighted by molar-refractivity contribution is -0.145. The number of amides is 1. The molecule has 120 valence electrons. The number of carboxylic acid groups (broad SMARTS) is 1. The average Bonchev–Trinajstić information content (AvgIpc) is 2.99. The van der Waals surface area contributed by atoms with Crippen molar-refractivity contribution in [2.24, 2.45) is 5.92 Å². The van der Waals surface area contributed by atoms with Crippen molar-refractivity contribution in [2.75, 3.05) is 26.2 Å². The van der Waals surface area contributed by atoms with Crippen molar-refractivity contribution in [3.05, 3.63) is 0 Å². The van der Waals surface area contributed by atoms with Crippen molar-refractivity contribution in [2.45, 2.75) is 57.9 Å². The van der Waals surface area contributed by atoms with Crippen LogP contribution in [0.15, 0.2) is 0 Å². The first-order valence-electron chi connectivity index (χ1n) is 8.36. The molecule has 21 heavy (non-hydrogen) atoms. The van der Waals surface area contributed by atoms with Gasteiger partial charge in [0.25, 0.3) is 0 Å². The number of nitrogens with zero attached hydrogens (tertiary/aromatic N) is 2. The van der Waals surface area contributed by atoms with Crippen LogP contribution in [-0.2, 0) is 9.59 Å². The highest BCUT2D eigenvalue weighted by Crippen LogP contribution is 2.28. The number of carbonyl (C=O) groups excluding carboxylic acids is 1. The molecule has 1 saturated heterocycles. The summed E-state index contributed by atoms with van der Waals surface area (Å²) in [5.74, 6) is 0.259. The molecule has 1 atom stereocenters. The highest BCUT2D eigenvalue weighted by Gasteiger charge is 2.29. The second kappa shape index (κ2) is 7.78. The lowest BCUT2D eigenvalue weighted by Gasteiger charge is -2.37. The van der Waals surface area contributed by atoms with Gasteiger partial charge in [0.05, 0.1) is 0 Å². The van der Waals surface area contributed by atoms with E-state index in [9.17, 15) is 14.7 Å². The number of carboxylic acids is 1. The van der Waals surface area contributed by atoms with Crippen molar-refractivity contribution < 1.29 is 14.7 Å². The monoisotopic (exact) mass is 296 g/mol. The molecule has 1 aliphatic carbocycles. The van der Waals surface area contributed by atoms with Gasteiger partial charge in [-0.05, 0) is 18.8 Å². The molecule has 0 aromatic carbocycles. The van der Waals surface area contributed by atoms with Crippen molar-refractivity contribution in [3.8, 4) is 0 Å². The van der Waals surface area contributed by atoms with Gasteiger partial charge in [-0.3, -0.25) is 14.5 Å². The van der Waals surface area contributed by atoms with Gasteiger partial charge >= 0.3 is 5.97 Å². The third-order valence-corrected chi connectivity index (χ3v) is 5.02. The van der Waals surface area contributed by atoms with Crippen LogP contribution >= 0.6 is 0 Å². The van der Waals surface area contributed by atoms with E-state index < -0.39 is 12.0 Å². The Morgan fingerprint density at radius 1 is 1.14 bits per heavy atom. The Balaban J connectivity index is 1.72. The molecule has 1 N–H and O–H groups in total. The van der Waals surface area contributed by atoms with Gasteiger partial charge in [0.2, 0.25) is 5.91 Å². The van der Waals surface area contributed by atoms with E-state index in [1.54, 1.807) is 0 Å². The molecule has 5 heteroatoms. The summed E-state index contributed by atoms with van der Waals surface area (Å²) in [6.45, 7) is 4.61. The molecule has 0 bridgehead atoms. The summed E-state index contributed by atoms with van der Waals surface area (Å²) in [5.41, 5.74) is 0. The van der Waals surface area contributed by atoms with Gasteiger partial charge in [-0.15, -0.1) is 0 Å². The molecule has 2 rings (SSSR count). The third-order valence-electron chi connectivity index (χ3n) is 5.02. The Hall–Kier alpha value is -1.10. The van der Waals surface area contributed by atoms with Crippen LogP contribution in [0.5, 0.6) is 0 Å². The molecule has 1 amide bonds. The number of hydrogen-bond donors (Lipinski definition) is 1. The van der Waals surface area contributed by atoms with Crippen LogP contribution in [0.2, 0.25) is 0 Å². The van der Waals surface area contributed by atoms with E-state index in [2.05, 4.69) is 0 Å². The number of carbonyl (C=O) groups is 2. The molecular formula is C16H28N2O3. The maximum Gasteiger partial charge on any atom is 0.320 e. The van der Waals surface area contributed by atoms with E-state index in [1.807, 2.05) is 16.7 Å². The standard InChI is InChI=1S/C16H28N2O3/c1-2-14(16(20)21)17-9-11-18(12-10-17)15(19)8-7-13-5-3-4-6-13/h13-14H,2-12H2,1H3,(H,20,21). The van der Waals surface area contributed by atoms with Gasteiger partial charge in [-0.2, -0.15) is 0 Å². The predicted molar refractivity (Wildman–Crippen MR) is 81.1 cm³/mol. The van der Waals surface area contributed by atoms with Crippen molar-refractivity contribution in [1.29, 1.82) is 0 Å². The van der Waals surface area contributed by atoms with Gasteiger partial charge < -0.3 is 10.0 Å². The number of rotatable bonds is 6. The fraction of sp³-hybridized carbons (Fsp3) is 0.875. The summed E-state index contributed by atoms with van der Waals surface area (Å²) in [7, 11) is 0. The normalized spacial score (nSPS) is 22.4. The molecule has 5 nitrogen and oxygen atoms in total. The summed E-state index contributed by atoms with van der Waals surface area (Å²) in [5, 5.41) is 9.18. The third kappa shape index (κ3) is 4.43. The molecule has 0 aromatic rings. The van der Waals surface area contributed by atoms with Crippen LogP contribution < -0.4 is 0 Å². The first-order valence-corrected chi connectivity index (χ1v) is 8.36. The first-order chi connectivity index (χ1) is 10.1. The Kier molecular flexibility index (Phi) is 6.03. The molecule has 1 saturated carbocycles. The van der Waals surface area contributed by atoms with Crippen LogP contribution in [-0.4, -0.2) is 59.0 Å². The molecule has 0 aromatic heterocycles. The second-order valence-corrected chi connectivity index (χ2v) is 6.37. The highest BCUT2D eigenvalue weighted by molar-refractivity contribution is 5.76. The van der Waals surface area contributed by atoms with Gasteiger partial charge in [-0.25, -0.2) is 0 Å². The van der Waals surface area contributed by atoms with E-state index in [0.29, 0.717) is 39.0 Å². The quantitative estimate of drug-likeness (QED) is 0.814. The minimum Gasteiger partial charge on any atom is -0.480 e. The molecule has 2 fully saturated rings. The predicted octanol–water partition coefficient (Wildman–Crippen LogP) is 1.96. The van der Waals surface area contributed by atoms with Crippen LogP contribution in [0.3, 0.4) is 0 Å². The summed E-state index contributed by atoms with van der Waals surface area (Å²) >= 11 is 0. The minimum absolute atomic E-state index is 0.255. The Morgan fingerprint density at radius 3 is 2.29 bits per heavy atom. The van der Waals surface area contributed by atoms with Crippen LogP contribution in [0.25, 0.3) is 0 Å². The molecule has 1 heterocycles. The zero-order valence-electron chi connectivity index (χ0n) is 13.1. The van der Waals surface area contributed by atoms with Crippen molar-refractivity contribution >= 4 is 11.9 Å². The molecule has 1 unspecified atom stereocenters. The molecule has 0 radical (unpaired) electrons. The van der Waals surface area contributed by atoms with E-state index in [1.165, 1.54) is 25.7 Å². The molecule has 1 aliphatic heterocycles. The summed E-state index contributed by atoms with van der Waals surface area (Å²) in [6.07, 6.45) is 7.55. The summed E-state index contributed by atoms with van der Waals surface area (Å²) < 4.78 is 0. The largest absolute Gasteiger partial charge is 0.480 e. The second-order valence-electron chi connectivity index (χ2n) is 6.37. The smallest absolute Gasteiger partial charge is 0.320 e. The summed E-state index contributed by atoms with van der Waals surface area (Å²) in [6, 6.07) is -0.402. The van der Waals surface area contributed by atoms with Crippen LogP contribution in [0.1, 0.15) is 51.9 Å². The maximum atomic E-state index is 12.2. The fourth-order valence-corrected chi connectivity index (χ4v) is 3.66. The van der Waals surface area contributed by atoms with Gasteiger partial charge in [0, 0.05) is 32.6 Å². The first kappa shape index (κ1) is 16.3. The zero-order valence-corrected chi connectivity index (χ0v) is 13.1. The maximum absolute atomic E-state index is 12.2. The lowest BCUT2D eigenvalue weighted by atomic mass is 10.0. The van der Waals surface area contributed by atoms with E-state index in [4.69, 9.17) is 0 Å². The van der Waals surface area contributed by atoms with Crippen molar-refractivity contribution in [3.63, 3.8) is 0 Å². The van der Waals surface area contributed by atoms with Crippen LogP contribution in [0, 0.1) is 5.92 Å². The van der Waals surface area contributed by atoms with E-state index >= 15 is 0 Å². The molecule has 2 aliphatic rings. The van der Waals surface area contributed by atoms with Gasteiger partial charge in [0.15, 0.2) is 0 Å². The minimum atomic E-state index is -0.751. The molecule has 0 spiro atoms. The lowest BCUT2D eigenvalue weighted by Crippen LogP contribution is -2.53. The highest BCUT2D eigenvalue weighted by atomic mass is 16.4. The van der Waals surface area contributed by atoms with E-state index in [0.717, 1.165) is 12.3 Å². The Morgan fingerprint density at radius 2 is 1.76 bits per heavy atom. The molecular weight excluding hydrogens is 268 g/mol. The fourth-order valence-electron chi connectivity index (χ4n) is 3.66. The average molecular weight is 296 g/mol. The zero-order chi connectivity index (χ0) is 15.2. The number of hydrogen-bond acceptors (Lipinski definition) is 3. The Bertz CT molecular complexity index is 359. The number of piperazine rings is 1. The topological polar surface area (TPSA) is 60.9 Å². The Labute approximate surface area is 127 Å². The van der Waals surface area contributed by atoms with Gasteiger partial charge in [0.1, 0.15) is 6.04 Å². The van der Waals surface area contributed by atoms with Crippen molar-refractivity contribution in [1.82, 2.24) is 9.80 Å².